The molecule has 0 amide bonds. The molecule has 0 unspecified atom stereocenters. The minimum atomic E-state index is -0.869. The van der Waals surface area contributed by atoms with E-state index >= 15 is 0 Å². The van der Waals surface area contributed by atoms with Gasteiger partial charge in [-0.05, 0) is 31.2 Å². The fourth-order valence-corrected chi connectivity index (χ4v) is 2.48. The highest BCUT2D eigenvalue weighted by Gasteiger charge is 2.14. The molecule has 0 aliphatic carbocycles. The molecule has 0 spiro atoms. The molecule has 2 rings (SSSR count). The van der Waals surface area contributed by atoms with Crippen LogP contribution in [-0.2, 0) is 11.3 Å². The van der Waals surface area contributed by atoms with Crippen LogP contribution in [0.25, 0.3) is 11.4 Å². The largest absolute Gasteiger partial charge is 0.497 e. The van der Waals surface area contributed by atoms with E-state index in [0.717, 1.165) is 17.1 Å². The summed E-state index contributed by atoms with van der Waals surface area (Å²) in [7, 11) is 1.62. The molecule has 0 aliphatic heterocycles. The number of carboxylic acid groups (broad SMARTS) is 1. The monoisotopic (exact) mass is 293 g/mol. The summed E-state index contributed by atoms with van der Waals surface area (Å²) in [4.78, 5) is 10.6. The van der Waals surface area contributed by atoms with Gasteiger partial charge in [-0.1, -0.05) is 11.8 Å². The molecule has 7 heteroatoms. The summed E-state index contributed by atoms with van der Waals surface area (Å²) < 4.78 is 7.02. The molecule has 6 nitrogen and oxygen atoms in total. The highest BCUT2D eigenvalue weighted by molar-refractivity contribution is 7.99. The van der Waals surface area contributed by atoms with E-state index < -0.39 is 5.97 Å². The Bertz CT molecular complexity index is 595. The van der Waals surface area contributed by atoms with Crippen molar-refractivity contribution in [2.75, 3.05) is 12.9 Å². The van der Waals surface area contributed by atoms with E-state index in [1.54, 1.807) is 7.11 Å². The van der Waals surface area contributed by atoms with Crippen LogP contribution in [0.3, 0.4) is 0 Å². The molecule has 1 N–H and O–H groups in total. The zero-order valence-electron chi connectivity index (χ0n) is 11.2. The number of hydrogen-bond acceptors (Lipinski definition) is 5. The minimum absolute atomic E-state index is 0.0270. The second kappa shape index (κ2) is 6.42. The fourth-order valence-electron chi connectivity index (χ4n) is 1.76. The zero-order valence-corrected chi connectivity index (χ0v) is 12.1. The number of thioether (sulfide) groups is 1. The lowest BCUT2D eigenvalue weighted by Gasteiger charge is -2.07. The second-order valence-electron chi connectivity index (χ2n) is 3.96. The van der Waals surface area contributed by atoms with Crippen molar-refractivity contribution in [3.8, 4) is 17.1 Å². The summed E-state index contributed by atoms with van der Waals surface area (Å²) in [6.45, 7) is 2.65. The summed E-state index contributed by atoms with van der Waals surface area (Å²) in [5.41, 5.74) is 0.919. The van der Waals surface area contributed by atoms with Gasteiger partial charge in [0.05, 0.1) is 12.9 Å². The minimum Gasteiger partial charge on any atom is -0.497 e. The Balaban J connectivity index is 2.28. The molecule has 0 bridgehead atoms. The van der Waals surface area contributed by atoms with Gasteiger partial charge in [0.1, 0.15) is 5.75 Å². The third-order valence-corrected chi connectivity index (χ3v) is 3.66. The summed E-state index contributed by atoms with van der Waals surface area (Å²) in [5, 5.41) is 17.5. The van der Waals surface area contributed by atoms with Crippen LogP contribution in [0, 0.1) is 0 Å². The first kappa shape index (κ1) is 14.4. The molecule has 2 aromatic rings. The SMILES string of the molecule is CCn1c(SCC(=O)O)nnc1-c1ccc(OC)cc1. The van der Waals surface area contributed by atoms with E-state index in [9.17, 15) is 4.79 Å². The Morgan fingerprint density at radius 3 is 2.60 bits per heavy atom. The molecule has 1 heterocycles. The lowest BCUT2D eigenvalue weighted by molar-refractivity contribution is -0.133. The van der Waals surface area contributed by atoms with Gasteiger partial charge in [0, 0.05) is 12.1 Å². The first-order chi connectivity index (χ1) is 9.65. The maximum atomic E-state index is 10.6. The van der Waals surface area contributed by atoms with Crippen molar-refractivity contribution in [2.45, 2.75) is 18.6 Å². The molecule has 0 fully saturated rings. The van der Waals surface area contributed by atoms with Gasteiger partial charge in [0.15, 0.2) is 11.0 Å². The molecular formula is C13H15N3O3S. The summed E-state index contributed by atoms with van der Waals surface area (Å²) in [5.74, 6) is 0.604. The average molecular weight is 293 g/mol. The molecule has 0 saturated heterocycles. The number of methoxy groups -OCH3 is 1. The number of carboxylic acids is 1. The number of aliphatic carboxylic acids is 1. The van der Waals surface area contributed by atoms with Crippen LogP contribution in [0.15, 0.2) is 29.4 Å². The van der Waals surface area contributed by atoms with Gasteiger partial charge in [-0.3, -0.25) is 4.79 Å². The third kappa shape index (κ3) is 3.11. The van der Waals surface area contributed by atoms with E-state index in [2.05, 4.69) is 10.2 Å². The standard InChI is InChI=1S/C13H15N3O3S/c1-3-16-12(9-4-6-10(19-2)7-5-9)14-15-13(16)20-8-11(17)18/h4-7H,3,8H2,1-2H3,(H,17,18). The quantitative estimate of drug-likeness (QED) is 0.822. The van der Waals surface area contributed by atoms with Crippen LogP contribution in [0.1, 0.15) is 6.92 Å². The van der Waals surface area contributed by atoms with Crippen molar-refractivity contribution < 1.29 is 14.6 Å². The lowest BCUT2D eigenvalue weighted by Crippen LogP contribution is -2.03. The smallest absolute Gasteiger partial charge is 0.313 e. The van der Waals surface area contributed by atoms with Crippen LogP contribution in [0.5, 0.6) is 5.75 Å². The van der Waals surface area contributed by atoms with E-state index in [0.29, 0.717) is 11.7 Å². The van der Waals surface area contributed by atoms with Crippen molar-refractivity contribution in [2.24, 2.45) is 0 Å². The summed E-state index contributed by atoms with van der Waals surface area (Å²) in [6.07, 6.45) is 0. The van der Waals surface area contributed by atoms with Crippen molar-refractivity contribution in [3.63, 3.8) is 0 Å². The number of ether oxygens (including phenoxy) is 1. The van der Waals surface area contributed by atoms with Crippen molar-refractivity contribution in [1.82, 2.24) is 14.8 Å². The van der Waals surface area contributed by atoms with Gasteiger partial charge in [-0.2, -0.15) is 0 Å². The number of hydrogen-bond donors (Lipinski definition) is 1. The molecule has 0 saturated carbocycles. The number of aromatic nitrogens is 3. The van der Waals surface area contributed by atoms with Gasteiger partial charge >= 0.3 is 5.97 Å². The molecule has 0 aliphatic rings. The number of nitrogens with zero attached hydrogens (tertiary/aromatic N) is 3. The molecule has 1 aromatic carbocycles. The normalized spacial score (nSPS) is 10.5. The molecule has 1 aromatic heterocycles. The van der Waals surface area contributed by atoms with E-state index in [-0.39, 0.29) is 5.75 Å². The Kier molecular flexibility index (Phi) is 4.62. The second-order valence-corrected chi connectivity index (χ2v) is 4.90. The van der Waals surface area contributed by atoms with E-state index in [1.807, 2.05) is 35.8 Å². The van der Waals surface area contributed by atoms with Gasteiger partial charge < -0.3 is 14.4 Å². The molecule has 0 radical (unpaired) electrons. The van der Waals surface area contributed by atoms with Crippen molar-refractivity contribution >= 4 is 17.7 Å². The van der Waals surface area contributed by atoms with Crippen LogP contribution in [-0.4, -0.2) is 38.7 Å². The summed E-state index contributed by atoms with van der Waals surface area (Å²) in [6, 6.07) is 7.52. The third-order valence-electron chi connectivity index (χ3n) is 2.71. The fraction of sp³-hybridized carbons (Fsp3) is 0.308. The maximum Gasteiger partial charge on any atom is 0.313 e. The Morgan fingerprint density at radius 1 is 1.35 bits per heavy atom. The van der Waals surface area contributed by atoms with Gasteiger partial charge in [0.25, 0.3) is 0 Å². The lowest BCUT2D eigenvalue weighted by atomic mass is 10.2. The highest BCUT2D eigenvalue weighted by atomic mass is 32.2. The Labute approximate surface area is 120 Å². The van der Waals surface area contributed by atoms with Gasteiger partial charge in [-0.15, -0.1) is 10.2 Å². The van der Waals surface area contributed by atoms with E-state index in [4.69, 9.17) is 9.84 Å². The van der Waals surface area contributed by atoms with Crippen molar-refractivity contribution in [3.05, 3.63) is 24.3 Å². The number of carbonyl (C=O) groups is 1. The number of rotatable bonds is 6. The van der Waals surface area contributed by atoms with Crippen LogP contribution in [0.2, 0.25) is 0 Å². The predicted octanol–water partition coefficient (Wildman–Crippen LogP) is 2.15. The van der Waals surface area contributed by atoms with Gasteiger partial charge in [-0.25, -0.2) is 0 Å². The Morgan fingerprint density at radius 2 is 2.05 bits per heavy atom. The highest BCUT2D eigenvalue weighted by Crippen LogP contribution is 2.25. The molecular weight excluding hydrogens is 278 g/mol. The van der Waals surface area contributed by atoms with E-state index in [1.165, 1.54) is 11.8 Å². The van der Waals surface area contributed by atoms with Crippen LogP contribution >= 0.6 is 11.8 Å². The number of benzene rings is 1. The van der Waals surface area contributed by atoms with Crippen LogP contribution in [0.4, 0.5) is 0 Å². The maximum absolute atomic E-state index is 10.6. The molecule has 106 valence electrons. The molecule has 20 heavy (non-hydrogen) atoms. The summed E-state index contributed by atoms with van der Waals surface area (Å²) >= 11 is 1.17. The topological polar surface area (TPSA) is 77.2 Å². The predicted molar refractivity (Wildman–Crippen MR) is 76.0 cm³/mol. The van der Waals surface area contributed by atoms with Crippen LogP contribution < -0.4 is 4.74 Å². The first-order valence-corrected chi connectivity index (χ1v) is 7.06. The first-order valence-electron chi connectivity index (χ1n) is 6.08. The zero-order chi connectivity index (χ0) is 14.5. The average Bonchev–Trinajstić information content (AvgIpc) is 2.88. The molecule has 0 atom stereocenters. The Hall–Kier alpha value is -2.02. The van der Waals surface area contributed by atoms with Gasteiger partial charge in [0.2, 0.25) is 0 Å². The van der Waals surface area contributed by atoms with Crippen molar-refractivity contribution in [1.29, 1.82) is 0 Å².